The molecule has 1 aliphatic rings. The van der Waals surface area contributed by atoms with E-state index in [9.17, 15) is 9.59 Å². The third-order valence-corrected chi connectivity index (χ3v) is 4.24. The molecule has 1 aromatic rings. The quantitative estimate of drug-likeness (QED) is 0.543. The Balaban J connectivity index is 1.85. The van der Waals surface area contributed by atoms with Crippen molar-refractivity contribution in [3.8, 4) is 11.5 Å². The van der Waals surface area contributed by atoms with Crippen molar-refractivity contribution in [3.05, 3.63) is 29.8 Å². The number of nitrogens with zero attached hydrogens (tertiary/aromatic N) is 1. The van der Waals surface area contributed by atoms with Crippen molar-refractivity contribution < 1.29 is 19.1 Å². The highest BCUT2D eigenvalue weighted by Gasteiger charge is 2.17. The van der Waals surface area contributed by atoms with Gasteiger partial charge in [-0.05, 0) is 43.0 Å². The summed E-state index contributed by atoms with van der Waals surface area (Å²) in [5.41, 5.74) is 0.825. The number of ether oxygens (including phenoxy) is 2. The van der Waals surface area contributed by atoms with Crippen molar-refractivity contribution in [1.29, 1.82) is 0 Å². The van der Waals surface area contributed by atoms with Gasteiger partial charge in [-0.15, -0.1) is 0 Å². The maximum Gasteiger partial charge on any atom is 0.244 e. The van der Waals surface area contributed by atoms with Crippen LogP contribution in [0.25, 0.3) is 6.08 Å². The zero-order valence-corrected chi connectivity index (χ0v) is 15.6. The number of likely N-dealkylation sites (tertiary alicyclic amines) is 1. The van der Waals surface area contributed by atoms with Gasteiger partial charge in [-0.25, -0.2) is 0 Å². The fraction of sp³-hybridized carbons (Fsp3) is 0.500. The number of amides is 2. The maximum atomic E-state index is 11.9. The first-order valence-electron chi connectivity index (χ1n) is 9.18. The van der Waals surface area contributed by atoms with Gasteiger partial charge < -0.3 is 19.7 Å². The second-order valence-electron chi connectivity index (χ2n) is 6.25. The number of nitrogens with one attached hydrogen (secondary N) is 1. The molecule has 6 nitrogen and oxygen atoms in total. The van der Waals surface area contributed by atoms with Crippen LogP contribution in [-0.4, -0.2) is 50.1 Å². The monoisotopic (exact) mass is 360 g/mol. The van der Waals surface area contributed by atoms with Crippen LogP contribution < -0.4 is 14.8 Å². The standard InChI is InChI=1S/C20H28N2O4/c1-3-4-13-26-17-9-7-16(14-18(17)25-2)8-10-19(23)21-15-20(24)22-11-5-6-12-22/h7-10,14H,3-6,11-13,15H2,1-2H3,(H,21,23)/b10-8+. The number of unbranched alkanes of at least 4 members (excludes halogenated alkanes) is 1. The Kier molecular flexibility index (Phi) is 7.99. The Morgan fingerprint density at radius 1 is 1.23 bits per heavy atom. The maximum absolute atomic E-state index is 11.9. The molecule has 2 rings (SSSR count). The van der Waals surface area contributed by atoms with Crippen molar-refractivity contribution in [1.82, 2.24) is 10.2 Å². The predicted molar refractivity (Wildman–Crippen MR) is 101 cm³/mol. The van der Waals surface area contributed by atoms with Crippen LogP contribution in [-0.2, 0) is 9.59 Å². The molecule has 2 amide bonds. The number of hydrogen-bond acceptors (Lipinski definition) is 4. The van der Waals surface area contributed by atoms with E-state index < -0.39 is 0 Å². The lowest BCUT2D eigenvalue weighted by atomic mass is 10.2. The SMILES string of the molecule is CCCCOc1ccc(/C=C/C(=O)NCC(=O)N2CCCC2)cc1OC. The lowest BCUT2D eigenvalue weighted by molar-refractivity contribution is -0.131. The molecule has 1 N–H and O–H groups in total. The highest BCUT2D eigenvalue weighted by atomic mass is 16.5. The summed E-state index contributed by atoms with van der Waals surface area (Å²) in [6.45, 7) is 4.37. The molecule has 142 valence electrons. The molecule has 0 aliphatic carbocycles. The molecular formula is C20H28N2O4. The largest absolute Gasteiger partial charge is 0.493 e. The third kappa shape index (κ3) is 6.10. The molecule has 0 radical (unpaired) electrons. The van der Waals surface area contributed by atoms with Crippen LogP contribution in [0.15, 0.2) is 24.3 Å². The normalized spacial score (nSPS) is 13.8. The molecule has 0 saturated carbocycles. The van der Waals surface area contributed by atoms with Crippen LogP contribution >= 0.6 is 0 Å². The van der Waals surface area contributed by atoms with E-state index in [1.165, 1.54) is 6.08 Å². The molecule has 0 aromatic heterocycles. The van der Waals surface area contributed by atoms with Gasteiger partial charge >= 0.3 is 0 Å². The molecule has 1 aromatic carbocycles. The van der Waals surface area contributed by atoms with Crippen LogP contribution in [0, 0.1) is 0 Å². The molecule has 1 saturated heterocycles. The molecule has 0 unspecified atom stereocenters. The smallest absolute Gasteiger partial charge is 0.244 e. The van der Waals surface area contributed by atoms with E-state index in [4.69, 9.17) is 9.47 Å². The van der Waals surface area contributed by atoms with E-state index in [1.807, 2.05) is 18.2 Å². The Hall–Kier alpha value is -2.50. The number of carbonyl (C=O) groups is 2. The average molecular weight is 360 g/mol. The van der Waals surface area contributed by atoms with E-state index in [1.54, 1.807) is 18.1 Å². The first-order valence-corrected chi connectivity index (χ1v) is 9.18. The summed E-state index contributed by atoms with van der Waals surface area (Å²) in [6, 6.07) is 5.52. The third-order valence-electron chi connectivity index (χ3n) is 4.24. The van der Waals surface area contributed by atoms with Crippen LogP contribution in [0.5, 0.6) is 11.5 Å². The van der Waals surface area contributed by atoms with Gasteiger partial charge in [0.05, 0.1) is 20.3 Å². The van der Waals surface area contributed by atoms with Gasteiger partial charge in [0, 0.05) is 19.2 Å². The number of carbonyl (C=O) groups excluding carboxylic acids is 2. The molecule has 26 heavy (non-hydrogen) atoms. The van der Waals surface area contributed by atoms with Gasteiger partial charge in [-0.1, -0.05) is 19.4 Å². The van der Waals surface area contributed by atoms with E-state index >= 15 is 0 Å². The lowest BCUT2D eigenvalue weighted by Crippen LogP contribution is -2.38. The lowest BCUT2D eigenvalue weighted by Gasteiger charge is -2.14. The van der Waals surface area contributed by atoms with E-state index in [0.717, 1.165) is 44.3 Å². The summed E-state index contributed by atoms with van der Waals surface area (Å²) in [5, 5.41) is 2.63. The molecule has 1 aliphatic heterocycles. The van der Waals surface area contributed by atoms with E-state index in [2.05, 4.69) is 12.2 Å². The molecule has 1 fully saturated rings. The highest BCUT2D eigenvalue weighted by molar-refractivity contribution is 5.94. The summed E-state index contributed by atoms with van der Waals surface area (Å²) < 4.78 is 11.0. The van der Waals surface area contributed by atoms with E-state index in [-0.39, 0.29) is 18.4 Å². The minimum absolute atomic E-state index is 0.0282. The van der Waals surface area contributed by atoms with Crippen molar-refractivity contribution in [3.63, 3.8) is 0 Å². The summed E-state index contributed by atoms with van der Waals surface area (Å²) in [4.78, 5) is 25.6. The zero-order chi connectivity index (χ0) is 18.8. The van der Waals surface area contributed by atoms with Crippen LogP contribution in [0.1, 0.15) is 38.2 Å². The van der Waals surface area contributed by atoms with Gasteiger partial charge in [0.15, 0.2) is 11.5 Å². The fourth-order valence-corrected chi connectivity index (χ4v) is 2.71. The number of benzene rings is 1. The van der Waals surface area contributed by atoms with Gasteiger partial charge in [0.2, 0.25) is 11.8 Å². The number of hydrogen-bond donors (Lipinski definition) is 1. The molecule has 0 bridgehead atoms. The second kappa shape index (κ2) is 10.5. The zero-order valence-electron chi connectivity index (χ0n) is 15.6. The molecular weight excluding hydrogens is 332 g/mol. The molecule has 0 spiro atoms. The van der Waals surface area contributed by atoms with Crippen LogP contribution in [0.3, 0.4) is 0 Å². The van der Waals surface area contributed by atoms with Gasteiger partial charge in [0.25, 0.3) is 0 Å². The van der Waals surface area contributed by atoms with Crippen LogP contribution in [0.2, 0.25) is 0 Å². The Morgan fingerprint density at radius 3 is 2.69 bits per heavy atom. The first kappa shape index (κ1) is 19.8. The Bertz CT molecular complexity index is 637. The topological polar surface area (TPSA) is 67.9 Å². The predicted octanol–water partition coefficient (Wildman–Crippen LogP) is 2.63. The highest BCUT2D eigenvalue weighted by Crippen LogP contribution is 2.28. The fourth-order valence-electron chi connectivity index (χ4n) is 2.71. The number of rotatable bonds is 9. The average Bonchev–Trinajstić information content (AvgIpc) is 3.20. The Morgan fingerprint density at radius 2 is 2.00 bits per heavy atom. The van der Waals surface area contributed by atoms with Crippen molar-refractivity contribution in [2.45, 2.75) is 32.6 Å². The summed E-state index contributed by atoms with van der Waals surface area (Å²) >= 11 is 0. The molecule has 0 atom stereocenters. The van der Waals surface area contributed by atoms with Crippen molar-refractivity contribution in [2.75, 3.05) is 33.4 Å². The summed E-state index contributed by atoms with van der Waals surface area (Å²) in [7, 11) is 1.59. The van der Waals surface area contributed by atoms with Crippen molar-refractivity contribution in [2.24, 2.45) is 0 Å². The minimum atomic E-state index is -0.292. The summed E-state index contributed by atoms with van der Waals surface area (Å²) in [6.07, 6.45) is 7.25. The Labute approximate surface area is 155 Å². The molecule has 6 heteroatoms. The second-order valence-corrected chi connectivity index (χ2v) is 6.25. The van der Waals surface area contributed by atoms with Gasteiger partial charge in [-0.2, -0.15) is 0 Å². The minimum Gasteiger partial charge on any atom is -0.493 e. The number of methoxy groups -OCH3 is 1. The summed E-state index contributed by atoms with van der Waals surface area (Å²) in [5.74, 6) is 1.01. The molecule has 1 heterocycles. The van der Waals surface area contributed by atoms with Crippen molar-refractivity contribution >= 4 is 17.9 Å². The first-order chi connectivity index (χ1) is 12.6. The van der Waals surface area contributed by atoms with Gasteiger partial charge in [0.1, 0.15) is 0 Å². The van der Waals surface area contributed by atoms with E-state index in [0.29, 0.717) is 18.1 Å². The van der Waals surface area contributed by atoms with Crippen LogP contribution in [0.4, 0.5) is 0 Å². The van der Waals surface area contributed by atoms with Gasteiger partial charge in [-0.3, -0.25) is 9.59 Å².